The normalized spacial score (nSPS) is 8.38. The lowest BCUT2D eigenvalue weighted by Crippen LogP contribution is -2.51. The lowest BCUT2D eigenvalue weighted by Gasteiger charge is -1.99. The van der Waals surface area contributed by atoms with Crippen LogP contribution in [0.3, 0.4) is 0 Å². The minimum atomic E-state index is -0.0715. The van der Waals surface area contributed by atoms with Crippen LogP contribution in [0.5, 0.6) is 11.5 Å². The summed E-state index contributed by atoms with van der Waals surface area (Å²) in [6.07, 6.45) is 0.827. The summed E-state index contributed by atoms with van der Waals surface area (Å²) in [7, 11) is 0. The molecule has 0 fully saturated rings. The second kappa shape index (κ2) is 6.31. The van der Waals surface area contributed by atoms with E-state index in [0.29, 0.717) is 0 Å². The molecule has 0 unspecified atom stereocenters. The highest BCUT2D eigenvalue weighted by Crippen LogP contribution is 2.24. The summed E-state index contributed by atoms with van der Waals surface area (Å²) >= 11 is 0. The smallest absolute Gasteiger partial charge is 0.157 e. The molecule has 13 heavy (non-hydrogen) atoms. The summed E-state index contributed by atoms with van der Waals surface area (Å²) in [6.45, 7) is 0.796. The molecule has 3 heteroatoms. The van der Waals surface area contributed by atoms with Gasteiger partial charge in [0.15, 0.2) is 11.5 Å². The summed E-state index contributed by atoms with van der Waals surface area (Å²) < 4.78 is 0. The van der Waals surface area contributed by atoms with Crippen LogP contribution < -0.4 is 5.73 Å². The number of aromatic hydroxyl groups is 2. The molecule has 0 saturated carbocycles. The van der Waals surface area contributed by atoms with Crippen molar-refractivity contribution in [1.29, 1.82) is 0 Å². The average Bonchev–Trinajstić information content (AvgIpc) is 1.98. The largest absolute Gasteiger partial charge is 0.504 e. The number of phenolic OH excluding ortho intramolecular Hbond substituents is 2. The molecule has 3 nitrogen and oxygen atoms in total. The van der Waals surface area contributed by atoms with E-state index in [2.05, 4.69) is 5.73 Å². The molecule has 0 aliphatic rings. The van der Waals surface area contributed by atoms with Crippen LogP contribution in [0.4, 0.5) is 0 Å². The van der Waals surface area contributed by atoms with Gasteiger partial charge in [-0.1, -0.05) is 20.9 Å². The molecular formula is C10H20NO2+. The molecule has 0 amide bonds. The Labute approximate surface area is 79.8 Å². The zero-order valence-electron chi connectivity index (χ0n) is 6.25. The average molecular weight is 186 g/mol. The number of phenols is 2. The predicted molar refractivity (Wildman–Crippen MR) is 54.7 cm³/mol. The first-order chi connectivity index (χ1) is 5.24. The SMILES string of the molecule is C.C.[NH3+]CCc1ccc(O)c(O)c1. The highest BCUT2D eigenvalue weighted by molar-refractivity contribution is 5.40. The van der Waals surface area contributed by atoms with Gasteiger partial charge in [-0.2, -0.15) is 0 Å². The number of quaternary nitrogens is 1. The van der Waals surface area contributed by atoms with Crippen molar-refractivity contribution in [2.75, 3.05) is 6.54 Å². The van der Waals surface area contributed by atoms with Gasteiger partial charge in [-0.25, -0.2) is 0 Å². The maximum atomic E-state index is 9.06. The molecule has 0 radical (unpaired) electrons. The fourth-order valence-electron chi connectivity index (χ4n) is 0.929. The van der Waals surface area contributed by atoms with Crippen molar-refractivity contribution in [2.24, 2.45) is 0 Å². The maximum absolute atomic E-state index is 9.06. The maximum Gasteiger partial charge on any atom is 0.157 e. The molecule has 1 aromatic rings. The Morgan fingerprint density at radius 3 is 2.15 bits per heavy atom. The monoisotopic (exact) mass is 186 g/mol. The zero-order valence-corrected chi connectivity index (χ0v) is 6.25. The molecule has 76 valence electrons. The van der Waals surface area contributed by atoms with Crippen LogP contribution in [-0.4, -0.2) is 16.8 Å². The van der Waals surface area contributed by atoms with Crippen LogP contribution in [0.15, 0.2) is 18.2 Å². The van der Waals surface area contributed by atoms with E-state index in [1.165, 1.54) is 6.07 Å². The minimum Gasteiger partial charge on any atom is -0.504 e. The lowest BCUT2D eigenvalue weighted by molar-refractivity contribution is -0.366. The van der Waals surface area contributed by atoms with Crippen molar-refractivity contribution in [2.45, 2.75) is 21.3 Å². The van der Waals surface area contributed by atoms with Gasteiger partial charge in [0.2, 0.25) is 0 Å². The van der Waals surface area contributed by atoms with Gasteiger partial charge in [-0.3, -0.25) is 0 Å². The topological polar surface area (TPSA) is 68.1 Å². The third kappa shape index (κ3) is 3.80. The summed E-state index contributed by atoms with van der Waals surface area (Å²) in [4.78, 5) is 0. The lowest BCUT2D eigenvalue weighted by atomic mass is 10.1. The molecule has 0 atom stereocenters. The van der Waals surface area contributed by atoms with E-state index in [-0.39, 0.29) is 26.4 Å². The van der Waals surface area contributed by atoms with Gasteiger partial charge in [0.05, 0.1) is 6.54 Å². The van der Waals surface area contributed by atoms with Gasteiger partial charge in [-0.15, -0.1) is 0 Å². The fraction of sp³-hybridized carbons (Fsp3) is 0.400. The molecule has 0 aromatic heterocycles. The van der Waals surface area contributed by atoms with E-state index in [4.69, 9.17) is 10.2 Å². The first-order valence-corrected chi connectivity index (χ1v) is 3.54. The Hall–Kier alpha value is -1.22. The molecule has 1 rings (SSSR count). The fourth-order valence-corrected chi connectivity index (χ4v) is 0.929. The number of rotatable bonds is 2. The van der Waals surface area contributed by atoms with Crippen LogP contribution >= 0.6 is 0 Å². The molecule has 5 N–H and O–H groups in total. The number of hydrogen-bond acceptors (Lipinski definition) is 2. The second-order valence-corrected chi connectivity index (χ2v) is 2.43. The number of benzene rings is 1. The number of hydrogen-bond donors (Lipinski definition) is 3. The summed E-state index contributed by atoms with van der Waals surface area (Å²) in [5.74, 6) is -0.131. The van der Waals surface area contributed by atoms with Gasteiger partial charge in [0, 0.05) is 6.42 Å². The van der Waals surface area contributed by atoms with E-state index < -0.39 is 0 Å². The van der Waals surface area contributed by atoms with E-state index in [9.17, 15) is 0 Å². The van der Waals surface area contributed by atoms with E-state index in [1.807, 2.05) is 0 Å². The standard InChI is InChI=1S/C8H11NO2.2CH4/c9-4-3-6-1-2-7(10)8(11)5-6;;/h1-2,5,10-11H,3-4,9H2;2*1H4/p+1. The molecule has 0 spiro atoms. The van der Waals surface area contributed by atoms with Crippen LogP contribution in [0, 0.1) is 0 Å². The quantitative estimate of drug-likeness (QED) is 0.606. The molecule has 0 bridgehead atoms. The Kier molecular flexibility index (Phi) is 6.95. The molecule has 0 aliphatic heterocycles. The van der Waals surface area contributed by atoms with Gasteiger partial charge < -0.3 is 15.9 Å². The molecule has 0 heterocycles. The second-order valence-electron chi connectivity index (χ2n) is 2.43. The van der Waals surface area contributed by atoms with Crippen molar-refractivity contribution in [1.82, 2.24) is 0 Å². The van der Waals surface area contributed by atoms with E-state index in [0.717, 1.165) is 18.5 Å². The zero-order chi connectivity index (χ0) is 8.27. The summed E-state index contributed by atoms with van der Waals surface area (Å²) in [5, 5.41) is 18.0. The molecule has 0 aliphatic carbocycles. The third-order valence-electron chi connectivity index (χ3n) is 1.51. The molecule has 1 aromatic carbocycles. The summed E-state index contributed by atoms with van der Waals surface area (Å²) in [5.41, 5.74) is 4.68. The van der Waals surface area contributed by atoms with Gasteiger partial charge in [0.1, 0.15) is 0 Å². The van der Waals surface area contributed by atoms with Crippen molar-refractivity contribution in [3.05, 3.63) is 23.8 Å². The molecule has 0 saturated heterocycles. The van der Waals surface area contributed by atoms with Crippen LogP contribution in [0.25, 0.3) is 0 Å². The predicted octanol–water partition coefficient (Wildman–Crippen LogP) is 1.15. The Balaban J connectivity index is 0. The first-order valence-electron chi connectivity index (χ1n) is 3.54. The minimum absolute atomic E-state index is 0. The van der Waals surface area contributed by atoms with Gasteiger partial charge in [0.25, 0.3) is 0 Å². The van der Waals surface area contributed by atoms with Crippen LogP contribution in [-0.2, 0) is 6.42 Å². The van der Waals surface area contributed by atoms with E-state index >= 15 is 0 Å². The van der Waals surface area contributed by atoms with Crippen molar-refractivity contribution < 1.29 is 15.9 Å². The van der Waals surface area contributed by atoms with Crippen molar-refractivity contribution in [3.63, 3.8) is 0 Å². The van der Waals surface area contributed by atoms with Crippen LogP contribution in [0.1, 0.15) is 20.4 Å². The Bertz CT molecular complexity index is 249. The van der Waals surface area contributed by atoms with Gasteiger partial charge >= 0.3 is 0 Å². The van der Waals surface area contributed by atoms with Crippen LogP contribution in [0.2, 0.25) is 0 Å². The highest BCUT2D eigenvalue weighted by Gasteiger charge is 1.99. The van der Waals surface area contributed by atoms with Crippen molar-refractivity contribution >= 4 is 0 Å². The highest BCUT2D eigenvalue weighted by atomic mass is 16.3. The Morgan fingerprint density at radius 2 is 1.69 bits per heavy atom. The van der Waals surface area contributed by atoms with E-state index in [1.54, 1.807) is 12.1 Å². The third-order valence-corrected chi connectivity index (χ3v) is 1.51. The van der Waals surface area contributed by atoms with Crippen molar-refractivity contribution in [3.8, 4) is 11.5 Å². The molecular weight excluding hydrogens is 166 g/mol. The Morgan fingerprint density at radius 1 is 1.08 bits per heavy atom. The summed E-state index contributed by atoms with van der Waals surface area (Å²) in [6, 6.07) is 4.82. The first kappa shape index (κ1) is 14.3. The van der Waals surface area contributed by atoms with Gasteiger partial charge in [-0.05, 0) is 17.7 Å².